The van der Waals surface area contributed by atoms with Crippen LogP contribution in [-0.4, -0.2) is 37.2 Å². The quantitative estimate of drug-likeness (QED) is 0.873. The van der Waals surface area contributed by atoms with Crippen LogP contribution in [0.15, 0.2) is 28.7 Å². The third-order valence-corrected chi connectivity index (χ3v) is 5.40. The lowest BCUT2D eigenvalue weighted by Crippen LogP contribution is -2.40. The van der Waals surface area contributed by atoms with E-state index in [0.29, 0.717) is 0 Å². The van der Waals surface area contributed by atoms with E-state index in [2.05, 4.69) is 21.2 Å². The van der Waals surface area contributed by atoms with Crippen LogP contribution in [0, 0.1) is 0 Å². The third-order valence-electron chi connectivity index (χ3n) is 3.16. The van der Waals surface area contributed by atoms with Crippen molar-refractivity contribution >= 4 is 25.8 Å². The zero-order valence-electron chi connectivity index (χ0n) is 10.0. The first-order valence-electron chi connectivity index (χ1n) is 5.77. The summed E-state index contributed by atoms with van der Waals surface area (Å²) in [5.74, 6) is -0.132. The number of hydrogen-bond donors (Lipinski definition) is 2. The molecule has 1 aromatic rings. The van der Waals surface area contributed by atoms with Gasteiger partial charge in [0, 0.05) is 16.6 Å². The molecule has 2 rings (SSSR count). The van der Waals surface area contributed by atoms with Gasteiger partial charge in [0.1, 0.15) is 0 Å². The van der Waals surface area contributed by atoms with Crippen LogP contribution in [0.25, 0.3) is 0 Å². The van der Waals surface area contributed by atoms with Gasteiger partial charge in [-0.3, -0.25) is 0 Å². The number of benzene rings is 1. The van der Waals surface area contributed by atoms with Gasteiger partial charge in [-0.2, -0.15) is 0 Å². The maximum Gasteiger partial charge on any atom is 0.154 e. The number of rotatable bonds is 3. The van der Waals surface area contributed by atoms with Crippen LogP contribution >= 0.6 is 15.9 Å². The molecule has 3 atom stereocenters. The maximum absolute atomic E-state index is 11.4. The Morgan fingerprint density at radius 3 is 2.44 bits per heavy atom. The smallest absolute Gasteiger partial charge is 0.154 e. The molecule has 1 saturated heterocycles. The summed E-state index contributed by atoms with van der Waals surface area (Å²) in [5.41, 5.74) is 1.06. The molecule has 1 fully saturated rings. The maximum atomic E-state index is 11.4. The largest absolute Gasteiger partial charge is 0.390 e. The van der Waals surface area contributed by atoms with Crippen molar-refractivity contribution in [3.63, 3.8) is 0 Å². The van der Waals surface area contributed by atoms with E-state index in [1.807, 2.05) is 31.2 Å². The molecule has 18 heavy (non-hydrogen) atoms. The van der Waals surface area contributed by atoms with Crippen LogP contribution in [0.3, 0.4) is 0 Å². The molecule has 0 aromatic heterocycles. The van der Waals surface area contributed by atoms with E-state index in [4.69, 9.17) is 0 Å². The van der Waals surface area contributed by atoms with Gasteiger partial charge in [0.2, 0.25) is 0 Å². The Hall–Kier alpha value is -0.430. The molecule has 0 spiro atoms. The van der Waals surface area contributed by atoms with Crippen molar-refractivity contribution in [3.05, 3.63) is 34.3 Å². The minimum atomic E-state index is -3.10. The number of hydrogen-bond acceptors (Lipinski definition) is 4. The molecule has 2 N–H and O–H groups in total. The second-order valence-corrected chi connectivity index (χ2v) is 7.76. The monoisotopic (exact) mass is 333 g/mol. The highest BCUT2D eigenvalue weighted by Gasteiger charge is 2.36. The Bertz CT molecular complexity index is 515. The van der Waals surface area contributed by atoms with Crippen LogP contribution in [-0.2, 0) is 9.84 Å². The van der Waals surface area contributed by atoms with Crippen molar-refractivity contribution in [2.45, 2.75) is 25.1 Å². The first kappa shape index (κ1) is 14.0. The van der Waals surface area contributed by atoms with Crippen LogP contribution < -0.4 is 5.32 Å². The molecule has 1 aliphatic rings. The van der Waals surface area contributed by atoms with Crippen molar-refractivity contribution in [3.8, 4) is 0 Å². The Labute approximate surface area is 115 Å². The Morgan fingerprint density at radius 1 is 1.33 bits per heavy atom. The van der Waals surface area contributed by atoms with Crippen LogP contribution in [0.2, 0.25) is 0 Å². The van der Waals surface area contributed by atoms with Gasteiger partial charge in [-0.1, -0.05) is 28.1 Å². The molecular formula is C12H16BrNO3S. The predicted octanol–water partition coefficient (Wildman–Crippen LogP) is 1.26. The second-order valence-electron chi connectivity index (χ2n) is 4.69. The van der Waals surface area contributed by atoms with Gasteiger partial charge < -0.3 is 10.4 Å². The lowest BCUT2D eigenvalue weighted by atomic mass is 10.1. The van der Waals surface area contributed by atoms with Gasteiger partial charge in [0.15, 0.2) is 9.84 Å². The number of aliphatic hydroxyl groups excluding tert-OH is 1. The summed E-state index contributed by atoms with van der Waals surface area (Å²) in [6, 6.07) is 7.44. The minimum absolute atomic E-state index is 0.00560. The fourth-order valence-electron chi connectivity index (χ4n) is 2.16. The first-order valence-corrected chi connectivity index (χ1v) is 8.39. The Balaban J connectivity index is 2.04. The highest BCUT2D eigenvalue weighted by Crippen LogP contribution is 2.20. The average molecular weight is 334 g/mol. The molecule has 0 bridgehead atoms. The SMILES string of the molecule is C[C@@H](NC1CS(=O)(=O)CC1O)c1ccc(Br)cc1. The minimum Gasteiger partial charge on any atom is -0.390 e. The summed E-state index contributed by atoms with van der Waals surface area (Å²) in [5, 5.41) is 12.9. The van der Waals surface area contributed by atoms with Gasteiger partial charge >= 0.3 is 0 Å². The highest BCUT2D eigenvalue weighted by atomic mass is 79.9. The van der Waals surface area contributed by atoms with Crippen molar-refractivity contribution in [2.75, 3.05) is 11.5 Å². The zero-order valence-corrected chi connectivity index (χ0v) is 12.4. The standard InChI is InChI=1S/C12H16BrNO3S/c1-8(9-2-4-10(13)5-3-9)14-11-6-18(16,17)7-12(11)15/h2-5,8,11-12,14-15H,6-7H2,1H3/t8-,11?,12?/m1/s1. The molecule has 4 nitrogen and oxygen atoms in total. The molecule has 1 aromatic carbocycles. The highest BCUT2D eigenvalue weighted by molar-refractivity contribution is 9.10. The van der Waals surface area contributed by atoms with Gasteiger partial charge in [-0.15, -0.1) is 0 Å². The average Bonchev–Trinajstić information content (AvgIpc) is 2.52. The summed E-state index contributed by atoms with van der Waals surface area (Å²) in [4.78, 5) is 0. The predicted molar refractivity (Wildman–Crippen MR) is 74.1 cm³/mol. The molecule has 1 heterocycles. The summed E-state index contributed by atoms with van der Waals surface area (Å²) in [6.07, 6.45) is -0.812. The van der Waals surface area contributed by atoms with Gasteiger partial charge in [-0.25, -0.2) is 8.42 Å². The number of halogens is 1. The normalized spacial score (nSPS) is 28.2. The number of aliphatic hydroxyl groups is 1. The van der Waals surface area contributed by atoms with Crippen molar-refractivity contribution in [1.29, 1.82) is 0 Å². The molecule has 1 aliphatic heterocycles. The molecule has 0 amide bonds. The van der Waals surface area contributed by atoms with Crippen LogP contribution in [0.1, 0.15) is 18.5 Å². The Kier molecular flexibility index (Phi) is 4.11. The topological polar surface area (TPSA) is 66.4 Å². The van der Waals surface area contributed by atoms with E-state index in [1.165, 1.54) is 0 Å². The zero-order chi connectivity index (χ0) is 13.3. The van der Waals surface area contributed by atoms with Crippen molar-refractivity contribution < 1.29 is 13.5 Å². The fraction of sp³-hybridized carbons (Fsp3) is 0.500. The molecular weight excluding hydrogens is 318 g/mol. The van der Waals surface area contributed by atoms with E-state index >= 15 is 0 Å². The fourth-order valence-corrected chi connectivity index (χ4v) is 4.18. The van der Waals surface area contributed by atoms with Crippen LogP contribution in [0.4, 0.5) is 0 Å². The summed E-state index contributed by atoms with van der Waals surface area (Å²) in [7, 11) is -3.10. The third kappa shape index (κ3) is 3.32. The summed E-state index contributed by atoms with van der Waals surface area (Å²) in [6.45, 7) is 1.96. The summed E-state index contributed by atoms with van der Waals surface area (Å²) < 4.78 is 23.8. The van der Waals surface area contributed by atoms with E-state index in [9.17, 15) is 13.5 Å². The van der Waals surface area contributed by atoms with E-state index < -0.39 is 15.9 Å². The Morgan fingerprint density at radius 2 is 1.94 bits per heavy atom. The van der Waals surface area contributed by atoms with Crippen LogP contribution in [0.5, 0.6) is 0 Å². The van der Waals surface area contributed by atoms with Gasteiger partial charge in [0.05, 0.1) is 17.6 Å². The second kappa shape index (κ2) is 5.28. The van der Waals surface area contributed by atoms with E-state index in [1.54, 1.807) is 0 Å². The number of sulfone groups is 1. The molecule has 100 valence electrons. The molecule has 0 saturated carbocycles. The van der Waals surface area contributed by atoms with Gasteiger partial charge in [-0.05, 0) is 24.6 Å². The van der Waals surface area contributed by atoms with Crippen molar-refractivity contribution in [1.82, 2.24) is 5.32 Å². The molecule has 6 heteroatoms. The number of nitrogens with one attached hydrogen (secondary N) is 1. The molecule has 0 radical (unpaired) electrons. The lowest BCUT2D eigenvalue weighted by molar-refractivity contribution is 0.160. The summed E-state index contributed by atoms with van der Waals surface area (Å²) >= 11 is 3.37. The first-order chi connectivity index (χ1) is 8.37. The lowest BCUT2D eigenvalue weighted by Gasteiger charge is -2.21. The molecule has 0 aliphatic carbocycles. The molecule has 2 unspecified atom stereocenters. The van der Waals surface area contributed by atoms with Crippen molar-refractivity contribution in [2.24, 2.45) is 0 Å². The van der Waals surface area contributed by atoms with Gasteiger partial charge in [0.25, 0.3) is 0 Å². The van der Waals surface area contributed by atoms with E-state index in [-0.39, 0.29) is 23.6 Å². The van der Waals surface area contributed by atoms with E-state index in [0.717, 1.165) is 10.0 Å².